The summed E-state index contributed by atoms with van der Waals surface area (Å²) in [6.45, 7) is 2.58. The summed E-state index contributed by atoms with van der Waals surface area (Å²) in [5, 5.41) is 11.1. The Morgan fingerprint density at radius 3 is 2.82 bits per heavy atom. The Bertz CT molecular complexity index is 508. The molecule has 0 amide bonds. The molecule has 22 heavy (non-hydrogen) atoms. The highest BCUT2D eigenvalue weighted by Gasteiger charge is 2.53. The maximum atomic E-state index is 9.96. The second kappa shape index (κ2) is 5.77. The van der Waals surface area contributed by atoms with Gasteiger partial charge in [-0.3, -0.25) is 0 Å². The van der Waals surface area contributed by atoms with Gasteiger partial charge in [-0.25, -0.2) is 0 Å². The molecule has 0 bridgehead atoms. The second-order valence-corrected chi connectivity index (χ2v) is 9.20. The molecule has 1 nitrogen and oxygen atoms in total. The highest BCUT2D eigenvalue weighted by molar-refractivity contribution is 9.09. The van der Waals surface area contributed by atoms with E-state index in [2.05, 4.69) is 35.0 Å². The maximum Gasteiger partial charge on any atom is 0.0577 e. The predicted molar refractivity (Wildman–Crippen MR) is 95.0 cm³/mol. The molecule has 0 heterocycles. The fourth-order valence-electron chi connectivity index (χ4n) is 6.35. The molecule has 1 N–H and O–H groups in total. The average Bonchev–Trinajstić information content (AvgIpc) is 2.84. The number of aliphatic hydroxyl groups excluding tert-OH is 1. The molecular formula is C20H29BrO. The number of allylic oxidation sites excluding steroid dienone is 3. The van der Waals surface area contributed by atoms with Crippen LogP contribution in [0.3, 0.4) is 0 Å². The van der Waals surface area contributed by atoms with Crippen LogP contribution in [-0.2, 0) is 0 Å². The second-order valence-electron chi connectivity index (χ2n) is 8.41. The summed E-state index contributed by atoms with van der Waals surface area (Å²) in [5.41, 5.74) is 3.89. The van der Waals surface area contributed by atoms with Gasteiger partial charge in [0.25, 0.3) is 0 Å². The lowest BCUT2D eigenvalue weighted by atomic mass is 9.55. The van der Waals surface area contributed by atoms with Crippen molar-refractivity contribution in [3.63, 3.8) is 0 Å². The summed E-state index contributed by atoms with van der Waals surface area (Å²) >= 11 is 3.67. The Labute approximate surface area is 143 Å². The molecule has 122 valence electrons. The molecule has 4 aliphatic rings. The lowest BCUT2D eigenvalue weighted by molar-refractivity contribution is 0.0801. The number of fused-ring (bicyclic) bond motifs is 5. The summed E-state index contributed by atoms with van der Waals surface area (Å²) in [6, 6.07) is 0. The van der Waals surface area contributed by atoms with Crippen molar-refractivity contribution in [3.05, 3.63) is 23.3 Å². The minimum absolute atomic E-state index is 0.0823. The average molecular weight is 365 g/mol. The number of alkyl halides is 1. The van der Waals surface area contributed by atoms with Gasteiger partial charge in [-0.1, -0.05) is 46.2 Å². The Hall–Kier alpha value is -0.0800. The first kappa shape index (κ1) is 15.4. The third kappa shape index (κ3) is 2.28. The SMILES string of the molecule is CC12CCC3C(=CC=C4CC(O)CCC43)C1CC[C@@H]2CCBr. The number of hydrogen-bond acceptors (Lipinski definition) is 1. The van der Waals surface area contributed by atoms with Gasteiger partial charge in [0, 0.05) is 5.33 Å². The molecule has 0 radical (unpaired) electrons. The fourth-order valence-corrected chi connectivity index (χ4v) is 6.90. The predicted octanol–water partition coefficient (Wildman–Crippen LogP) is 5.24. The van der Waals surface area contributed by atoms with E-state index >= 15 is 0 Å². The zero-order valence-electron chi connectivity index (χ0n) is 13.7. The van der Waals surface area contributed by atoms with E-state index < -0.39 is 0 Å². The summed E-state index contributed by atoms with van der Waals surface area (Å²) < 4.78 is 0. The molecule has 0 aliphatic heterocycles. The number of rotatable bonds is 2. The monoisotopic (exact) mass is 364 g/mol. The molecule has 3 fully saturated rings. The molecule has 0 aromatic rings. The fraction of sp³-hybridized carbons (Fsp3) is 0.800. The zero-order valence-corrected chi connectivity index (χ0v) is 15.3. The van der Waals surface area contributed by atoms with Crippen molar-refractivity contribution in [1.82, 2.24) is 0 Å². The highest BCUT2D eigenvalue weighted by Crippen LogP contribution is 2.62. The molecule has 0 saturated heterocycles. The number of halogens is 1. The van der Waals surface area contributed by atoms with E-state index in [-0.39, 0.29) is 6.10 Å². The number of hydrogen-bond donors (Lipinski definition) is 1. The molecule has 3 saturated carbocycles. The van der Waals surface area contributed by atoms with E-state index in [4.69, 9.17) is 0 Å². The quantitative estimate of drug-likeness (QED) is 0.664. The van der Waals surface area contributed by atoms with Gasteiger partial charge < -0.3 is 5.11 Å². The summed E-state index contributed by atoms with van der Waals surface area (Å²) in [5.74, 6) is 3.30. The molecule has 2 heteroatoms. The minimum atomic E-state index is -0.0823. The van der Waals surface area contributed by atoms with Crippen molar-refractivity contribution in [2.45, 2.75) is 64.4 Å². The highest BCUT2D eigenvalue weighted by atomic mass is 79.9. The van der Waals surface area contributed by atoms with Crippen LogP contribution >= 0.6 is 15.9 Å². The first-order chi connectivity index (χ1) is 10.6. The van der Waals surface area contributed by atoms with Crippen LogP contribution in [0.4, 0.5) is 0 Å². The van der Waals surface area contributed by atoms with Crippen LogP contribution in [0.5, 0.6) is 0 Å². The van der Waals surface area contributed by atoms with Crippen molar-refractivity contribution in [2.75, 3.05) is 5.33 Å². The third-order valence-corrected chi connectivity index (χ3v) is 8.01. The largest absolute Gasteiger partial charge is 0.393 e. The molecular weight excluding hydrogens is 336 g/mol. The molecule has 4 aliphatic carbocycles. The van der Waals surface area contributed by atoms with E-state index in [1.807, 2.05) is 0 Å². The van der Waals surface area contributed by atoms with Crippen LogP contribution in [0.1, 0.15) is 58.3 Å². The Kier molecular flexibility index (Phi) is 4.05. The Morgan fingerprint density at radius 2 is 2.00 bits per heavy atom. The first-order valence-corrected chi connectivity index (χ1v) is 10.4. The number of aliphatic hydroxyl groups is 1. The smallest absolute Gasteiger partial charge is 0.0577 e. The zero-order chi connectivity index (χ0) is 15.3. The summed E-state index contributed by atoms with van der Waals surface area (Å²) in [7, 11) is 0. The van der Waals surface area contributed by atoms with Gasteiger partial charge in [0.05, 0.1) is 6.10 Å². The van der Waals surface area contributed by atoms with Crippen molar-refractivity contribution in [1.29, 1.82) is 0 Å². The first-order valence-electron chi connectivity index (χ1n) is 9.28. The van der Waals surface area contributed by atoms with Crippen molar-refractivity contribution < 1.29 is 5.11 Å². The molecule has 6 atom stereocenters. The van der Waals surface area contributed by atoms with Crippen LogP contribution in [0.15, 0.2) is 23.3 Å². The summed E-state index contributed by atoms with van der Waals surface area (Å²) in [6.07, 6.45) is 14.9. The molecule has 0 aromatic heterocycles. The molecule has 4 rings (SSSR count). The van der Waals surface area contributed by atoms with Gasteiger partial charge in [0.1, 0.15) is 0 Å². The van der Waals surface area contributed by atoms with Gasteiger partial charge in [-0.05, 0) is 80.5 Å². The summed E-state index contributed by atoms with van der Waals surface area (Å²) in [4.78, 5) is 0. The lowest BCUT2D eigenvalue weighted by Crippen LogP contribution is -2.41. The van der Waals surface area contributed by atoms with E-state index in [0.29, 0.717) is 5.41 Å². The van der Waals surface area contributed by atoms with Gasteiger partial charge in [0.2, 0.25) is 0 Å². The van der Waals surface area contributed by atoms with Gasteiger partial charge in [-0.15, -0.1) is 0 Å². The Balaban J connectivity index is 1.63. The molecule has 0 spiro atoms. The normalized spacial score (nSPS) is 47.1. The maximum absolute atomic E-state index is 9.96. The topological polar surface area (TPSA) is 20.2 Å². The van der Waals surface area contributed by atoms with Gasteiger partial charge in [-0.2, -0.15) is 0 Å². The van der Waals surface area contributed by atoms with E-state index in [0.717, 1.165) is 41.8 Å². The van der Waals surface area contributed by atoms with Crippen LogP contribution in [-0.4, -0.2) is 16.5 Å². The lowest BCUT2D eigenvalue weighted by Gasteiger charge is -2.50. The van der Waals surface area contributed by atoms with Crippen LogP contribution < -0.4 is 0 Å². The van der Waals surface area contributed by atoms with Crippen LogP contribution in [0, 0.1) is 29.1 Å². The standard InChI is InChI=1S/C20H29BrO/c1-20-10-8-17-16-6-4-15(22)12-13(16)2-5-18(17)19(20)7-3-14(20)9-11-21/h2,5,14-17,19,22H,3-4,6-12H2,1H3/t14-,15?,16?,17?,19?,20?/m1/s1. The van der Waals surface area contributed by atoms with Gasteiger partial charge >= 0.3 is 0 Å². The van der Waals surface area contributed by atoms with E-state index in [1.165, 1.54) is 38.5 Å². The Morgan fingerprint density at radius 1 is 1.14 bits per heavy atom. The van der Waals surface area contributed by atoms with Crippen molar-refractivity contribution >= 4 is 15.9 Å². The van der Waals surface area contributed by atoms with Crippen molar-refractivity contribution in [2.24, 2.45) is 29.1 Å². The van der Waals surface area contributed by atoms with Gasteiger partial charge in [0.15, 0.2) is 0 Å². The third-order valence-electron chi connectivity index (χ3n) is 7.55. The van der Waals surface area contributed by atoms with Crippen molar-refractivity contribution in [3.8, 4) is 0 Å². The van der Waals surface area contributed by atoms with Crippen LogP contribution in [0.25, 0.3) is 0 Å². The van der Waals surface area contributed by atoms with E-state index in [9.17, 15) is 5.11 Å². The molecule has 5 unspecified atom stereocenters. The van der Waals surface area contributed by atoms with Crippen LogP contribution in [0.2, 0.25) is 0 Å². The van der Waals surface area contributed by atoms with E-state index in [1.54, 1.807) is 11.1 Å². The minimum Gasteiger partial charge on any atom is -0.393 e. The molecule has 0 aromatic carbocycles.